The van der Waals surface area contributed by atoms with Crippen molar-refractivity contribution in [3.05, 3.63) is 71.0 Å². The molecule has 2 aromatic carbocycles. The summed E-state index contributed by atoms with van der Waals surface area (Å²) < 4.78 is 18.4. The molecule has 0 unspecified atom stereocenters. The van der Waals surface area contributed by atoms with Crippen molar-refractivity contribution in [2.45, 2.75) is 20.0 Å². The lowest BCUT2D eigenvalue weighted by atomic mass is 10.1. The average Bonchev–Trinajstić information content (AvgIpc) is 2.77. The molecule has 160 valence electrons. The van der Waals surface area contributed by atoms with Gasteiger partial charge in [0.25, 0.3) is 5.91 Å². The molecule has 1 fully saturated rings. The third-order valence-corrected chi connectivity index (χ3v) is 5.09. The second-order valence-corrected chi connectivity index (χ2v) is 7.31. The molecule has 0 aromatic heterocycles. The van der Waals surface area contributed by atoms with E-state index in [4.69, 9.17) is 4.74 Å². The van der Waals surface area contributed by atoms with Gasteiger partial charge in [-0.15, -0.1) is 0 Å². The average molecular weight is 413 g/mol. The molecular weight excluding hydrogens is 385 g/mol. The maximum Gasteiger partial charge on any atom is 0.254 e. The highest BCUT2D eigenvalue weighted by atomic mass is 19.1. The van der Waals surface area contributed by atoms with E-state index in [9.17, 15) is 14.0 Å². The van der Waals surface area contributed by atoms with Gasteiger partial charge in [0.2, 0.25) is 5.91 Å². The molecule has 1 aliphatic rings. The van der Waals surface area contributed by atoms with Crippen molar-refractivity contribution in [1.29, 1.82) is 0 Å². The van der Waals surface area contributed by atoms with E-state index in [1.54, 1.807) is 18.2 Å². The predicted octanol–water partition coefficient (Wildman–Crippen LogP) is 2.44. The number of carbonyl (C=O) groups excluding carboxylic acids is 2. The number of likely N-dealkylation sites (N-methyl/N-ethyl adjacent to an activating group) is 1. The summed E-state index contributed by atoms with van der Waals surface area (Å²) in [6.07, 6.45) is 0. The highest BCUT2D eigenvalue weighted by Crippen LogP contribution is 2.12. The van der Waals surface area contributed by atoms with Gasteiger partial charge in [0, 0.05) is 38.3 Å². The van der Waals surface area contributed by atoms with Crippen molar-refractivity contribution in [3.8, 4) is 0 Å². The quantitative estimate of drug-likeness (QED) is 0.722. The predicted molar refractivity (Wildman–Crippen MR) is 112 cm³/mol. The van der Waals surface area contributed by atoms with Crippen molar-refractivity contribution in [2.24, 2.45) is 0 Å². The largest absolute Gasteiger partial charge is 0.379 e. The first-order valence-electron chi connectivity index (χ1n) is 10.2. The maximum absolute atomic E-state index is 13.0. The molecule has 0 spiro atoms. The first-order chi connectivity index (χ1) is 14.5. The van der Waals surface area contributed by atoms with E-state index in [-0.39, 0.29) is 24.2 Å². The van der Waals surface area contributed by atoms with Crippen LogP contribution in [0.2, 0.25) is 0 Å². The molecule has 6 nitrogen and oxygen atoms in total. The van der Waals surface area contributed by atoms with E-state index in [0.717, 1.165) is 44.0 Å². The van der Waals surface area contributed by atoms with E-state index in [1.807, 2.05) is 25.1 Å². The number of ether oxygens (including phenoxy) is 1. The summed E-state index contributed by atoms with van der Waals surface area (Å²) in [7, 11) is 0. The SMILES string of the molecule is CCN(CC(=O)NCc1ccc(F)cc1)C(=O)c1cccc(CN2CCOCC2)c1. The number of nitrogens with one attached hydrogen (secondary N) is 1. The molecule has 1 aliphatic heterocycles. The molecule has 7 heteroatoms. The highest BCUT2D eigenvalue weighted by Gasteiger charge is 2.18. The van der Waals surface area contributed by atoms with Gasteiger partial charge in [-0.3, -0.25) is 14.5 Å². The van der Waals surface area contributed by atoms with Crippen LogP contribution in [0.25, 0.3) is 0 Å². The minimum Gasteiger partial charge on any atom is -0.379 e. The number of halogens is 1. The van der Waals surface area contributed by atoms with Gasteiger partial charge >= 0.3 is 0 Å². The minimum atomic E-state index is -0.316. The van der Waals surface area contributed by atoms with Crippen LogP contribution in [-0.4, -0.2) is 61.0 Å². The summed E-state index contributed by atoms with van der Waals surface area (Å²) in [5, 5.41) is 2.78. The molecular formula is C23H28FN3O3. The Balaban J connectivity index is 1.56. The van der Waals surface area contributed by atoms with Crippen LogP contribution in [0.3, 0.4) is 0 Å². The van der Waals surface area contributed by atoms with Gasteiger partial charge in [-0.1, -0.05) is 24.3 Å². The van der Waals surface area contributed by atoms with E-state index >= 15 is 0 Å². The van der Waals surface area contributed by atoms with Crippen LogP contribution in [0.1, 0.15) is 28.4 Å². The molecule has 1 heterocycles. The molecule has 0 saturated carbocycles. The lowest BCUT2D eigenvalue weighted by Gasteiger charge is -2.27. The van der Waals surface area contributed by atoms with E-state index in [2.05, 4.69) is 10.2 Å². The number of nitrogens with zero attached hydrogens (tertiary/aromatic N) is 2. The summed E-state index contributed by atoms with van der Waals surface area (Å²) in [5.41, 5.74) is 2.45. The van der Waals surface area contributed by atoms with Crippen LogP contribution >= 0.6 is 0 Å². The summed E-state index contributed by atoms with van der Waals surface area (Å²) in [6, 6.07) is 13.5. The Morgan fingerprint density at radius 3 is 2.53 bits per heavy atom. The molecule has 1 saturated heterocycles. The zero-order chi connectivity index (χ0) is 21.3. The number of amides is 2. The van der Waals surface area contributed by atoms with Crippen LogP contribution < -0.4 is 5.32 Å². The Morgan fingerprint density at radius 2 is 1.83 bits per heavy atom. The number of morpholine rings is 1. The van der Waals surface area contributed by atoms with Gasteiger partial charge in [-0.25, -0.2) is 4.39 Å². The standard InChI is InChI=1S/C23H28FN3O3/c1-2-27(17-22(28)25-15-18-6-8-21(24)9-7-18)23(29)20-5-3-4-19(14-20)16-26-10-12-30-13-11-26/h3-9,14H,2,10-13,15-17H2,1H3,(H,25,28). The second kappa shape index (κ2) is 10.8. The topological polar surface area (TPSA) is 61.9 Å². The Hall–Kier alpha value is -2.77. The summed E-state index contributed by atoms with van der Waals surface area (Å²) in [4.78, 5) is 29.1. The summed E-state index contributed by atoms with van der Waals surface area (Å²) in [5.74, 6) is -0.735. The van der Waals surface area contributed by atoms with Crippen molar-refractivity contribution in [2.75, 3.05) is 39.4 Å². The number of carbonyl (C=O) groups is 2. The van der Waals surface area contributed by atoms with E-state index in [1.165, 1.54) is 17.0 Å². The van der Waals surface area contributed by atoms with Gasteiger partial charge < -0.3 is 15.0 Å². The Kier molecular flexibility index (Phi) is 7.93. The molecule has 2 amide bonds. The fourth-order valence-electron chi connectivity index (χ4n) is 3.36. The molecule has 0 aliphatic carbocycles. The second-order valence-electron chi connectivity index (χ2n) is 7.31. The van der Waals surface area contributed by atoms with E-state index in [0.29, 0.717) is 18.7 Å². The molecule has 2 aromatic rings. The Labute approximate surface area is 176 Å². The first-order valence-corrected chi connectivity index (χ1v) is 10.2. The lowest BCUT2D eigenvalue weighted by molar-refractivity contribution is -0.121. The van der Waals surface area contributed by atoms with Crippen molar-refractivity contribution < 1.29 is 18.7 Å². The lowest BCUT2D eigenvalue weighted by Crippen LogP contribution is -2.40. The fourth-order valence-corrected chi connectivity index (χ4v) is 3.36. The normalized spacial score (nSPS) is 14.3. The molecule has 0 radical (unpaired) electrons. The molecule has 30 heavy (non-hydrogen) atoms. The molecule has 3 rings (SSSR count). The van der Waals surface area contributed by atoms with Crippen LogP contribution in [0.15, 0.2) is 48.5 Å². The van der Waals surface area contributed by atoms with Crippen molar-refractivity contribution in [1.82, 2.24) is 15.1 Å². The summed E-state index contributed by atoms with van der Waals surface area (Å²) in [6.45, 7) is 6.55. The highest BCUT2D eigenvalue weighted by molar-refractivity contribution is 5.96. The number of rotatable bonds is 8. The van der Waals surface area contributed by atoms with Gasteiger partial charge in [0.05, 0.1) is 19.8 Å². The fraction of sp³-hybridized carbons (Fsp3) is 0.391. The molecule has 1 N–H and O–H groups in total. The van der Waals surface area contributed by atoms with Crippen LogP contribution in [0, 0.1) is 5.82 Å². The third kappa shape index (κ3) is 6.37. The zero-order valence-electron chi connectivity index (χ0n) is 17.3. The van der Waals surface area contributed by atoms with Crippen LogP contribution in [0.5, 0.6) is 0 Å². The maximum atomic E-state index is 13.0. The van der Waals surface area contributed by atoms with E-state index < -0.39 is 0 Å². The van der Waals surface area contributed by atoms with Gasteiger partial charge in [0.1, 0.15) is 5.82 Å². The van der Waals surface area contributed by atoms with Gasteiger partial charge in [0.15, 0.2) is 0 Å². The number of benzene rings is 2. The van der Waals surface area contributed by atoms with Crippen molar-refractivity contribution >= 4 is 11.8 Å². The minimum absolute atomic E-state index is 0.0236. The molecule has 0 atom stereocenters. The number of hydrogen-bond acceptors (Lipinski definition) is 4. The van der Waals surface area contributed by atoms with Crippen molar-refractivity contribution in [3.63, 3.8) is 0 Å². The Morgan fingerprint density at radius 1 is 1.10 bits per heavy atom. The third-order valence-electron chi connectivity index (χ3n) is 5.09. The Bertz CT molecular complexity index is 851. The monoisotopic (exact) mass is 413 g/mol. The van der Waals surface area contributed by atoms with Gasteiger partial charge in [-0.05, 0) is 42.3 Å². The number of hydrogen-bond donors (Lipinski definition) is 1. The molecule has 0 bridgehead atoms. The van der Waals surface area contributed by atoms with Crippen LogP contribution in [0.4, 0.5) is 4.39 Å². The summed E-state index contributed by atoms with van der Waals surface area (Å²) >= 11 is 0. The zero-order valence-corrected chi connectivity index (χ0v) is 17.3. The smallest absolute Gasteiger partial charge is 0.254 e. The first kappa shape index (κ1) is 21.9. The van der Waals surface area contributed by atoms with Gasteiger partial charge in [-0.2, -0.15) is 0 Å². The van der Waals surface area contributed by atoms with Crippen LogP contribution in [-0.2, 0) is 22.6 Å².